The van der Waals surface area contributed by atoms with Crippen LogP contribution in [0.25, 0.3) is 72.0 Å². The predicted molar refractivity (Wildman–Crippen MR) is 173 cm³/mol. The van der Waals surface area contributed by atoms with Gasteiger partial charge in [0.05, 0.1) is 27.8 Å². The molecule has 6 nitrogen and oxygen atoms in total. The summed E-state index contributed by atoms with van der Waals surface area (Å²) in [4.78, 5) is 22.4. The fraction of sp³-hybridized carbons (Fsp3) is 0. The lowest BCUT2D eigenvalue weighted by molar-refractivity contribution is 0.937. The Kier molecular flexibility index (Phi) is 4.95. The summed E-state index contributed by atoms with van der Waals surface area (Å²) in [5, 5.41) is 4.65. The van der Waals surface area contributed by atoms with Crippen LogP contribution in [0.15, 0.2) is 144 Å². The molecule has 9 rings (SSSR count). The van der Waals surface area contributed by atoms with E-state index < -0.39 is 0 Å². The molecule has 0 aliphatic heterocycles. The molecule has 0 amide bonds. The van der Waals surface area contributed by atoms with E-state index in [1.54, 1.807) is 0 Å². The van der Waals surface area contributed by atoms with E-state index in [0.29, 0.717) is 11.5 Å². The van der Waals surface area contributed by atoms with Crippen LogP contribution in [-0.4, -0.2) is 23.5 Å². The van der Waals surface area contributed by atoms with Gasteiger partial charge in [0.2, 0.25) is 0 Å². The van der Waals surface area contributed by atoms with Gasteiger partial charge in [-0.25, -0.2) is 14.2 Å². The molecule has 5 aromatic carbocycles. The second kappa shape index (κ2) is 8.99. The third kappa shape index (κ3) is 3.44. The summed E-state index contributed by atoms with van der Waals surface area (Å²) in [6.45, 7) is 0. The fourth-order valence-corrected chi connectivity index (χ4v) is 6.47. The molecule has 0 fully saturated rings. The minimum Gasteiger partial charge on any atom is -0.307 e. The zero-order chi connectivity index (χ0) is 28.5. The minimum atomic E-state index is -0.366. The van der Waals surface area contributed by atoms with E-state index in [4.69, 9.17) is 4.98 Å². The van der Waals surface area contributed by atoms with Crippen molar-refractivity contribution in [3.05, 3.63) is 150 Å². The van der Waals surface area contributed by atoms with Crippen molar-refractivity contribution in [1.29, 1.82) is 0 Å². The molecular weight excluding hydrogens is 530 g/mol. The summed E-state index contributed by atoms with van der Waals surface area (Å²) in [5.74, 6) is 0.421. The van der Waals surface area contributed by atoms with E-state index in [0.717, 1.165) is 49.8 Å². The zero-order valence-corrected chi connectivity index (χ0v) is 22.9. The molecule has 0 aliphatic carbocycles. The van der Waals surface area contributed by atoms with Crippen LogP contribution in [0.4, 0.5) is 0 Å². The van der Waals surface area contributed by atoms with Gasteiger partial charge in [-0.05, 0) is 36.4 Å². The SMILES string of the molecule is O=c1nc(-c2ccccc2)nc2ccc(-n3c4ccccc4c4ccc5c6ccccc6n(-c6ccccc6)c5c43)cn12. The number of rotatable bonds is 3. The van der Waals surface area contributed by atoms with Crippen LogP contribution in [0.2, 0.25) is 0 Å². The summed E-state index contributed by atoms with van der Waals surface area (Å²) in [6, 6.07) is 45.5. The summed E-state index contributed by atoms with van der Waals surface area (Å²) in [7, 11) is 0. The summed E-state index contributed by atoms with van der Waals surface area (Å²) >= 11 is 0. The van der Waals surface area contributed by atoms with Crippen LogP contribution in [0.5, 0.6) is 0 Å². The van der Waals surface area contributed by atoms with Crippen molar-refractivity contribution in [3.63, 3.8) is 0 Å². The first-order valence-electron chi connectivity index (χ1n) is 14.2. The van der Waals surface area contributed by atoms with Gasteiger partial charge in [-0.2, -0.15) is 4.98 Å². The molecule has 0 spiro atoms. The van der Waals surface area contributed by atoms with Gasteiger partial charge in [0.1, 0.15) is 5.65 Å². The Labute approximate surface area is 245 Å². The van der Waals surface area contributed by atoms with Crippen LogP contribution in [0, 0.1) is 0 Å². The molecule has 4 aromatic heterocycles. The fourth-order valence-electron chi connectivity index (χ4n) is 6.47. The smallest absolute Gasteiger partial charge is 0.307 e. The molecule has 0 aliphatic rings. The lowest BCUT2D eigenvalue weighted by Gasteiger charge is -2.13. The maximum atomic E-state index is 13.4. The number of nitrogens with zero attached hydrogens (tertiary/aromatic N) is 5. The number of benzene rings is 5. The lowest BCUT2D eigenvalue weighted by Crippen LogP contribution is -2.19. The maximum absolute atomic E-state index is 13.4. The molecule has 6 heteroatoms. The highest BCUT2D eigenvalue weighted by Gasteiger charge is 2.21. The molecule has 0 saturated heterocycles. The Balaban J connectivity index is 1.41. The van der Waals surface area contributed by atoms with Gasteiger partial charge < -0.3 is 9.13 Å². The quantitative estimate of drug-likeness (QED) is 0.223. The Hall–Kier alpha value is -6.01. The maximum Gasteiger partial charge on any atom is 0.355 e. The Morgan fingerprint density at radius 2 is 1.02 bits per heavy atom. The average molecular weight is 554 g/mol. The van der Waals surface area contributed by atoms with Crippen molar-refractivity contribution in [3.8, 4) is 22.8 Å². The van der Waals surface area contributed by atoms with E-state index in [-0.39, 0.29) is 5.69 Å². The van der Waals surface area contributed by atoms with Gasteiger partial charge in [0.25, 0.3) is 0 Å². The van der Waals surface area contributed by atoms with Gasteiger partial charge in [-0.15, -0.1) is 0 Å². The highest BCUT2D eigenvalue weighted by molar-refractivity contribution is 6.23. The second-order valence-corrected chi connectivity index (χ2v) is 10.7. The molecule has 4 heterocycles. The number of hydrogen-bond acceptors (Lipinski definition) is 3. The van der Waals surface area contributed by atoms with Crippen molar-refractivity contribution in [2.24, 2.45) is 0 Å². The van der Waals surface area contributed by atoms with E-state index in [1.165, 1.54) is 15.2 Å². The number of aromatic nitrogens is 5. The minimum absolute atomic E-state index is 0.366. The van der Waals surface area contributed by atoms with E-state index >= 15 is 0 Å². The van der Waals surface area contributed by atoms with Gasteiger partial charge in [0.15, 0.2) is 5.82 Å². The standard InChI is InChI=1S/C37H23N5O/c43-37-39-36(24-11-3-1-4-12-24)38-33-22-19-26(23-40(33)37)42-32-18-10-8-16-28(32)30-21-20-29-27-15-7-9-17-31(27)41(34(29)35(30)42)25-13-5-2-6-14-25/h1-23H. The van der Waals surface area contributed by atoms with Gasteiger partial charge in [0, 0.05) is 39.0 Å². The first kappa shape index (κ1) is 23.7. The first-order valence-corrected chi connectivity index (χ1v) is 14.2. The predicted octanol–water partition coefficient (Wildman–Crippen LogP) is 7.95. The average Bonchev–Trinajstić information content (AvgIpc) is 3.59. The van der Waals surface area contributed by atoms with Gasteiger partial charge in [-0.1, -0.05) is 97.1 Å². The molecule has 0 N–H and O–H groups in total. The van der Waals surface area contributed by atoms with Crippen LogP contribution in [0.1, 0.15) is 0 Å². The molecule has 0 atom stereocenters. The molecule has 202 valence electrons. The molecule has 9 aromatic rings. The van der Waals surface area contributed by atoms with Crippen molar-refractivity contribution in [2.45, 2.75) is 0 Å². The number of hydrogen-bond donors (Lipinski definition) is 0. The van der Waals surface area contributed by atoms with Crippen LogP contribution in [-0.2, 0) is 0 Å². The third-order valence-corrected chi connectivity index (χ3v) is 8.31. The highest BCUT2D eigenvalue weighted by atomic mass is 16.1. The van der Waals surface area contributed by atoms with E-state index in [9.17, 15) is 4.79 Å². The first-order chi connectivity index (χ1) is 21.3. The van der Waals surface area contributed by atoms with Crippen LogP contribution in [0.3, 0.4) is 0 Å². The van der Waals surface area contributed by atoms with Crippen molar-refractivity contribution in [1.82, 2.24) is 23.5 Å². The molecule has 0 saturated carbocycles. The van der Waals surface area contributed by atoms with Crippen LogP contribution >= 0.6 is 0 Å². The summed E-state index contributed by atoms with van der Waals surface area (Å²) < 4.78 is 6.16. The number of pyridine rings is 1. The van der Waals surface area contributed by atoms with E-state index in [1.807, 2.05) is 54.7 Å². The monoisotopic (exact) mass is 553 g/mol. The Morgan fingerprint density at radius 1 is 0.465 bits per heavy atom. The Bertz CT molecular complexity index is 2580. The number of fused-ring (bicyclic) bond motifs is 8. The van der Waals surface area contributed by atoms with Crippen molar-refractivity contribution >= 4 is 49.3 Å². The molecule has 0 radical (unpaired) electrons. The van der Waals surface area contributed by atoms with Crippen LogP contribution < -0.4 is 5.69 Å². The van der Waals surface area contributed by atoms with Crippen molar-refractivity contribution < 1.29 is 0 Å². The molecule has 0 bridgehead atoms. The van der Waals surface area contributed by atoms with Crippen molar-refractivity contribution in [2.75, 3.05) is 0 Å². The van der Waals surface area contributed by atoms with E-state index in [2.05, 4.69) is 99.0 Å². The number of para-hydroxylation sites is 3. The lowest BCUT2D eigenvalue weighted by atomic mass is 10.1. The van der Waals surface area contributed by atoms with Gasteiger partial charge in [-0.3, -0.25) is 0 Å². The summed E-state index contributed by atoms with van der Waals surface area (Å²) in [5.41, 5.74) is 7.33. The Morgan fingerprint density at radius 3 is 1.67 bits per heavy atom. The highest BCUT2D eigenvalue weighted by Crippen LogP contribution is 2.41. The molecular formula is C37H23N5O. The molecule has 43 heavy (non-hydrogen) atoms. The normalized spacial score (nSPS) is 11.8. The zero-order valence-electron chi connectivity index (χ0n) is 22.9. The van der Waals surface area contributed by atoms with Gasteiger partial charge >= 0.3 is 5.69 Å². The summed E-state index contributed by atoms with van der Waals surface area (Å²) in [6.07, 6.45) is 1.85. The molecule has 0 unspecified atom stereocenters. The largest absolute Gasteiger partial charge is 0.355 e. The third-order valence-electron chi connectivity index (χ3n) is 8.31. The topological polar surface area (TPSA) is 57.1 Å². The second-order valence-electron chi connectivity index (χ2n) is 10.7.